The minimum atomic E-state index is -2.93. The van der Waals surface area contributed by atoms with Crippen LogP contribution in [0.2, 0.25) is 0 Å². The van der Waals surface area contributed by atoms with Gasteiger partial charge < -0.3 is 0 Å². The maximum Gasteiger partial charge on any atom is 0.148 e. The molecular formula is C17H23FN4O2S. The van der Waals surface area contributed by atoms with E-state index >= 15 is 0 Å². The number of aromatic nitrogens is 2. The second-order valence-electron chi connectivity index (χ2n) is 6.47. The molecule has 2 aromatic rings. The van der Waals surface area contributed by atoms with Crippen LogP contribution < -0.4 is 0 Å². The van der Waals surface area contributed by atoms with Gasteiger partial charge in [-0.05, 0) is 29.8 Å². The summed E-state index contributed by atoms with van der Waals surface area (Å²) in [5.74, 6) is -0.0573. The monoisotopic (exact) mass is 366 g/mol. The molecule has 0 saturated carbocycles. The molecule has 2 heterocycles. The topological polar surface area (TPSA) is 58.4 Å². The van der Waals surface area contributed by atoms with Crippen molar-refractivity contribution in [1.82, 2.24) is 19.6 Å². The van der Waals surface area contributed by atoms with Crippen LogP contribution in [0.1, 0.15) is 5.56 Å². The average molecular weight is 366 g/mol. The Morgan fingerprint density at radius 2 is 1.88 bits per heavy atom. The minimum Gasteiger partial charge on any atom is -0.300 e. The molecule has 1 fully saturated rings. The van der Waals surface area contributed by atoms with E-state index in [2.05, 4.69) is 14.9 Å². The third-order valence-corrected chi connectivity index (χ3v) is 5.35. The summed E-state index contributed by atoms with van der Waals surface area (Å²) < 4.78 is 38.0. The predicted molar refractivity (Wildman–Crippen MR) is 94.9 cm³/mol. The maximum atomic E-state index is 13.7. The number of halogens is 1. The molecule has 6 nitrogen and oxygen atoms in total. The van der Waals surface area contributed by atoms with Crippen LogP contribution in [0.3, 0.4) is 0 Å². The molecular weight excluding hydrogens is 343 g/mol. The molecule has 1 aliphatic rings. The zero-order valence-corrected chi connectivity index (χ0v) is 15.1. The normalized spacial score (nSPS) is 17.0. The van der Waals surface area contributed by atoms with Gasteiger partial charge in [0.15, 0.2) is 0 Å². The van der Waals surface area contributed by atoms with Crippen molar-refractivity contribution in [3.8, 4) is 5.69 Å². The lowest BCUT2D eigenvalue weighted by Crippen LogP contribution is -2.47. The summed E-state index contributed by atoms with van der Waals surface area (Å²) in [7, 11) is -2.93. The number of hydrogen-bond donors (Lipinski definition) is 0. The number of sulfone groups is 1. The SMILES string of the molecule is CS(=O)(=O)CCN1CCN(Cc2cc(F)ccc2-n2cccn2)CC1. The molecule has 0 N–H and O–H groups in total. The minimum absolute atomic E-state index is 0.195. The van der Waals surface area contributed by atoms with Crippen molar-refractivity contribution in [3.05, 3.63) is 48.0 Å². The summed E-state index contributed by atoms with van der Waals surface area (Å²) in [5, 5.41) is 4.24. The summed E-state index contributed by atoms with van der Waals surface area (Å²) in [5.41, 5.74) is 1.78. The molecule has 1 aliphatic heterocycles. The molecule has 8 heteroatoms. The van der Waals surface area contributed by atoms with Gasteiger partial charge in [0.25, 0.3) is 0 Å². The van der Waals surface area contributed by atoms with Crippen LogP contribution in [0.25, 0.3) is 5.69 Å². The van der Waals surface area contributed by atoms with Gasteiger partial charge in [-0.3, -0.25) is 9.80 Å². The van der Waals surface area contributed by atoms with Gasteiger partial charge in [-0.1, -0.05) is 0 Å². The molecule has 0 bridgehead atoms. The Morgan fingerprint density at radius 3 is 2.52 bits per heavy atom. The number of rotatable bonds is 6. The first-order valence-corrected chi connectivity index (χ1v) is 10.4. The standard InChI is InChI=1S/C17H23FN4O2S/c1-25(23,24)12-11-20-7-9-21(10-8-20)14-15-13-16(18)3-4-17(15)22-6-2-5-19-22/h2-6,13H,7-12,14H2,1H3. The fourth-order valence-corrected chi connectivity index (χ4v) is 3.61. The molecule has 0 aliphatic carbocycles. The summed E-state index contributed by atoms with van der Waals surface area (Å²) in [4.78, 5) is 4.43. The zero-order valence-electron chi connectivity index (χ0n) is 14.3. The van der Waals surface area contributed by atoms with Gasteiger partial charge in [-0.25, -0.2) is 17.5 Å². The third-order valence-electron chi connectivity index (χ3n) is 4.43. The summed E-state index contributed by atoms with van der Waals surface area (Å²) >= 11 is 0. The fourth-order valence-electron chi connectivity index (χ4n) is 3.02. The zero-order chi connectivity index (χ0) is 17.9. The molecule has 0 unspecified atom stereocenters. The number of piperazine rings is 1. The average Bonchev–Trinajstić information content (AvgIpc) is 3.08. The molecule has 0 radical (unpaired) electrons. The first kappa shape index (κ1) is 18.0. The van der Waals surface area contributed by atoms with Gasteiger partial charge in [0.2, 0.25) is 0 Å². The van der Waals surface area contributed by atoms with E-state index in [4.69, 9.17) is 0 Å². The summed E-state index contributed by atoms with van der Waals surface area (Å²) in [6, 6.07) is 6.60. The Bertz CT molecular complexity index is 800. The van der Waals surface area contributed by atoms with Crippen molar-refractivity contribution in [3.63, 3.8) is 0 Å². The van der Waals surface area contributed by atoms with E-state index in [1.54, 1.807) is 23.0 Å². The highest BCUT2D eigenvalue weighted by molar-refractivity contribution is 7.90. The Balaban J connectivity index is 1.62. The van der Waals surface area contributed by atoms with Gasteiger partial charge in [0.05, 0.1) is 11.4 Å². The van der Waals surface area contributed by atoms with Crippen molar-refractivity contribution in [2.24, 2.45) is 0 Å². The van der Waals surface area contributed by atoms with Crippen molar-refractivity contribution in [2.45, 2.75) is 6.54 Å². The highest BCUT2D eigenvalue weighted by atomic mass is 32.2. The molecule has 0 amide bonds. The predicted octanol–water partition coefficient (Wildman–Crippen LogP) is 1.17. The van der Waals surface area contributed by atoms with Gasteiger partial charge in [-0.15, -0.1) is 0 Å². The first-order chi connectivity index (χ1) is 11.9. The van der Waals surface area contributed by atoms with E-state index < -0.39 is 9.84 Å². The lowest BCUT2D eigenvalue weighted by molar-refractivity contribution is 0.132. The van der Waals surface area contributed by atoms with Crippen LogP contribution in [-0.4, -0.2) is 72.7 Å². The lowest BCUT2D eigenvalue weighted by atomic mass is 10.1. The van der Waals surface area contributed by atoms with Gasteiger partial charge >= 0.3 is 0 Å². The maximum absolute atomic E-state index is 13.7. The van der Waals surface area contributed by atoms with Gasteiger partial charge in [0.1, 0.15) is 15.7 Å². The lowest BCUT2D eigenvalue weighted by Gasteiger charge is -2.34. The fraction of sp³-hybridized carbons (Fsp3) is 0.471. The van der Waals surface area contributed by atoms with Crippen LogP contribution in [0.4, 0.5) is 4.39 Å². The van der Waals surface area contributed by atoms with Crippen molar-refractivity contribution >= 4 is 9.84 Å². The summed E-state index contributed by atoms with van der Waals surface area (Å²) in [6.07, 6.45) is 4.82. The number of benzene rings is 1. The molecule has 136 valence electrons. The van der Waals surface area contributed by atoms with E-state index in [0.29, 0.717) is 13.1 Å². The Morgan fingerprint density at radius 1 is 1.16 bits per heavy atom. The Labute approximate surface area is 147 Å². The van der Waals surface area contributed by atoms with Crippen LogP contribution in [0, 0.1) is 5.82 Å². The molecule has 0 atom stereocenters. The van der Waals surface area contributed by atoms with E-state index in [1.165, 1.54) is 12.3 Å². The van der Waals surface area contributed by atoms with Crippen LogP contribution >= 0.6 is 0 Å². The quantitative estimate of drug-likeness (QED) is 0.768. The van der Waals surface area contributed by atoms with E-state index in [1.807, 2.05) is 12.3 Å². The van der Waals surface area contributed by atoms with E-state index in [0.717, 1.165) is 37.4 Å². The molecule has 1 saturated heterocycles. The molecule has 1 aromatic heterocycles. The van der Waals surface area contributed by atoms with E-state index in [-0.39, 0.29) is 11.6 Å². The molecule has 1 aromatic carbocycles. The van der Waals surface area contributed by atoms with Crippen molar-refractivity contribution in [1.29, 1.82) is 0 Å². The van der Waals surface area contributed by atoms with Crippen molar-refractivity contribution in [2.75, 3.05) is 44.7 Å². The van der Waals surface area contributed by atoms with E-state index in [9.17, 15) is 12.8 Å². The molecule has 0 spiro atoms. The second kappa shape index (κ2) is 7.63. The first-order valence-electron chi connectivity index (χ1n) is 8.31. The smallest absolute Gasteiger partial charge is 0.148 e. The number of nitrogens with zero attached hydrogens (tertiary/aromatic N) is 4. The van der Waals surface area contributed by atoms with Crippen LogP contribution in [-0.2, 0) is 16.4 Å². The highest BCUT2D eigenvalue weighted by Crippen LogP contribution is 2.18. The van der Waals surface area contributed by atoms with Crippen LogP contribution in [0.15, 0.2) is 36.7 Å². The van der Waals surface area contributed by atoms with Crippen molar-refractivity contribution < 1.29 is 12.8 Å². The second-order valence-corrected chi connectivity index (χ2v) is 8.73. The Hall–Kier alpha value is -1.77. The Kier molecular flexibility index (Phi) is 5.51. The van der Waals surface area contributed by atoms with Crippen LogP contribution in [0.5, 0.6) is 0 Å². The van der Waals surface area contributed by atoms with Gasteiger partial charge in [-0.2, -0.15) is 5.10 Å². The van der Waals surface area contributed by atoms with Gasteiger partial charge in [0, 0.05) is 57.9 Å². The number of hydrogen-bond acceptors (Lipinski definition) is 5. The summed E-state index contributed by atoms with van der Waals surface area (Å²) in [6.45, 7) is 4.53. The molecule has 3 rings (SSSR count). The molecule has 25 heavy (non-hydrogen) atoms. The third kappa shape index (κ3) is 5.10. The highest BCUT2D eigenvalue weighted by Gasteiger charge is 2.19. The largest absolute Gasteiger partial charge is 0.300 e.